The van der Waals surface area contributed by atoms with Crippen LogP contribution < -0.4 is 0 Å². The zero-order chi connectivity index (χ0) is 32.0. The first-order chi connectivity index (χ1) is 23.6. The standard InChI is InChI=1S/C42H25NO4S/c44-48(45,28-18-8-3-9-19-28)43-31-24-35-39(29-20-10-12-22-33(29)46-35)37(26-14-4-1-5-15-26)41(31)42-32(43)25-36-40(30-21-11-13-23-34(30)47-36)38(42)27-16-6-2-7-17-27/h1-25H. The molecule has 228 valence electrons. The summed E-state index contributed by atoms with van der Waals surface area (Å²) in [5, 5.41) is 5.49. The Balaban J connectivity index is 1.56. The Morgan fingerprint density at radius 1 is 0.417 bits per heavy atom. The average molecular weight is 640 g/mol. The summed E-state index contributed by atoms with van der Waals surface area (Å²) in [5.74, 6) is 0. The van der Waals surface area contributed by atoms with Gasteiger partial charge in [-0.15, -0.1) is 0 Å². The van der Waals surface area contributed by atoms with Crippen molar-refractivity contribution in [2.75, 3.05) is 0 Å². The van der Waals surface area contributed by atoms with Crippen LogP contribution in [0.3, 0.4) is 0 Å². The van der Waals surface area contributed by atoms with E-state index in [2.05, 4.69) is 36.4 Å². The van der Waals surface area contributed by atoms with E-state index in [1.807, 2.05) is 91.0 Å². The Labute approximate surface area is 274 Å². The zero-order valence-corrected chi connectivity index (χ0v) is 26.2. The van der Waals surface area contributed by atoms with E-state index in [4.69, 9.17) is 8.83 Å². The Morgan fingerprint density at radius 3 is 1.27 bits per heavy atom. The van der Waals surface area contributed by atoms with Gasteiger partial charge in [0.15, 0.2) is 0 Å². The number of aromatic nitrogens is 1. The van der Waals surface area contributed by atoms with Crippen molar-refractivity contribution >= 4 is 75.7 Å². The molecule has 5 nitrogen and oxygen atoms in total. The van der Waals surface area contributed by atoms with E-state index in [0.717, 1.165) is 65.7 Å². The molecular weight excluding hydrogens is 615 g/mol. The maximum atomic E-state index is 14.9. The van der Waals surface area contributed by atoms with Crippen LogP contribution in [0.4, 0.5) is 0 Å². The number of hydrogen-bond donors (Lipinski definition) is 0. The largest absolute Gasteiger partial charge is 0.456 e. The second-order valence-electron chi connectivity index (χ2n) is 12.0. The fourth-order valence-electron chi connectivity index (χ4n) is 7.45. The van der Waals surface area contributed by atoms with Crippen LogP contribution in [0.5, 0.6) is 0 Å². The fourth-order valence-corrected chi connectivity index (χ4v) is 8.96. The minimum Gasteiger partial charge on any atom is -0.456 e. The summed E-state index contributed by atoms with van der Waals surface area (Å²) in [6.45, 7) is 0. The maximum Gasteiger partial charge on any atom is 0.268 e. The molecule has 48 heavy (non-hydrogen) atoms. The van der Waals surface area contributed by atoms with Gasteiger partial charge >= 0.3 is 0 Å². The number of hydrogen-bond acceptors (Lipinski definition) is 4. The van der Waals surface area contributed by atoms with E-state index in [-0.39, 0.29) is 4.90 Å². The van der Waals surface area contributed by atoms with Crippen molar-refractivity contribution in [2.24, 2.45) is 0 Å². The monoisotopic (exact) mass is 639 g/mol. The summed E-state index contributed by atoms with van der Waals surface area (Å²) < 4.78 is 44.4. The van der Waals surface area contributed by atoms with Gasteiger partial charge in [0.05, 0.1) is 15.9 Å². The number of rotatable bonds is 4. The van der Waals surface area contributed by atoms with Crippen molar-refractivity contribution in [3.8, 4) is 22.3 Å². The van der Waals surface area contributed by atoms with Gasteiger partial charge in [-0.3, -0.25) is 0 Å². The van der Waals surface area contributed by atoms with Gasteiger partial charge in [-0.1, -0.05) is 115 Å². The fraction of sp³-hybridized carbons (Fsp3) is 0. The van der Waals surface area contributed by atoms with E-state index >= 15 is 0 Å². The number of para-hydroxylation sites is 2. The van der Waals surface area contributed by atoms with E-state index in [0.29, 0.717) is 22.2 Å². The van der Waals surface area contributed by atoms with Crippen LogP contribution in [-0.4, -0.2) is 12.4 Å². The van der Waals surface area contributed by atoms with Gasteiger partial charge in [0.25, 0.3) is 10.0 Å². The normalized spacial score (nSPS) is 12.3. The number of furan rings is 2. The number of fused-ring (bicyclic) bond motifs is 9. The van der Waals surface area contributed by atoms with Crippen LogP contribution >= 0.6 is 0 Å². The van der Waals surface area contributed by atoms with E-state index in [1.165, 1.54) is 3.97 Å². The Hall–Kier alpha value is -6.11. The molecule has 0 aliphatic heterocycles. The van der Waals surface area contributed by atoms with Gasteiger partial charge in [0.1, 0.15) is 22.3 Å². The van der Waals surface area contributed by atoms with Crippen LogP contribution in [0, 0.1) is 0 Å². The third-order valence-corrected chi connectivity index (χ3v) is 11.1. The molecule has 0 unspecified atom stereocenters. The first-order valence-electron chi connectivity index (χ1n) is 15.8. The zero-order valence-electron chi connectivity index (χ0n) is 25.4. The van der Waals surface area contributed by atoms with Gasteiger partial charge in [0.2, 0.25) is 0 Å². The highest BCUT2D eigenvalue weighted by Crippen LogP contribution is 2.51. The second kappa shape index (κ2) is 9.94. The molecule has 10 aromatic rings. The molecule has 0 atom stereocenters. The molecular formula is C42H25NO4S. The lowest BCUT2D eigenvalue weighted by Gasteiger charge is -2.11. The Morgan fingerprint density at radius 2 is 0.812 bits per heavy atom. The summed E-state index contributed by atoms with van der Waals surface area (Å²) in [5.41, 5.74) is 7.56. The van der Waals surface area contributed by atoms with Crippen molar-refractivity contribution < 1.29 is 17.3 Å². The first-order valence-corrected chi connectivity index (χ1v) is 17.2. The van der Waals surface area contributed by atoms with Crippen LogP contribution in [0.15, 0.2) is 165 Å². The molecule has 0 bridgehead atoms. The smallest absolute Gasteiger partial charge is 0.268 e. The second-order valence-corrected chi connectivity index (χ2v) is 13.8. The minimum absolute atomic E-state index is 0.195. The highest BCUT2D eigenvalue weighted by molar-refractivity contribution is 7.90. The molecule has 0 fully saturated rings. The molecule has 0 N–H and O–H groups in total. The summed E-state index contributed by atoms with van der Waals surface area (Å²) in [4.78, 5) is 0.195. The molecule has 10 rings (SSSR count). The van der Waals surface area contributed by atoms with Crippen molar-refractivity contribution in [1.82, 2.24) is 3.97 Å². The molecule has 3 heterocycles. The van der Waals surface area contributed by atoms with Crippen LogP contribution in [0.2, 0.25) is 0 Å². The number of nitrogens with zero attached hydrogens (tertiary/aromatic N) is 1. The third-order valence-electron chi connectivity index (χ3n) is 9.39. The van der Waals surface area contributed by atoms with Crippen molar-refractivity contribution in [3.05, 3.63) is 152 Å². The Bertz CT molecular complexity index is 2820. The van der Waals surface area contributed by atoms with Crippen molar-refractivity contribution in [2.45, 2.75) is 4.90 Å². The lowest BCUT2D eigenvalue weighted by molar-refractivity contribution is 0.590. The molecule has 0 saturated heterocycles. The molecule has 0 spiro atoms. The van der Waals surface area contributed by atoms with E-state index in [9.17, 15) is 8.42 Å². The van der Waals surface area contributed by atoms with Gasteiger partial charge in [-0.25, -0.2) is 12.4 Å². The predicted octanol–water partition coefficient (Wildman–Crippen LogP) is 11.2. The first kappa shape index (κ1) is 27.0. The highest BCUT2D eigenvalue weighted by atomic mass is 32.2. The summed E-state index contributed by atoms with van der Waals surface area (Å²) in [6, 6.07) is 48.8. The average Bonchev–Trinajstić information content (AvgIpc) is 3.80. The minimum atomic E-state index is -4.11. The molecule has 0 aliphatic rings. The lowest BCUT2D eigenvalue weighted by atomic mass is 9.90. The molecule has 0 saturated carbocycles. The molecule has 6 heteroatoms. The van der Waals surface area contributed by atoms with Crippen LogP contribution in [-0.2, 0) is 10.0 Å². The predicted molar refractivity (Wildman–Crippen MR) is 194 cm³/mol. The van der Waals surface area contributed by atoms with Crippen molar-refractivity contribution in [3.63, 3.8) is 0 Å². The van der Waals surface area contributed by atoms with Crippen molar-refractivity contribution in [1.29, 1.82) is 0 Å². The van der Waals surface area contributed by atoms with Gasteiger partial charge < -0.3 is 8.83 Å². The SMILES string of the molecule is O=S(=O)(c1ccccc1)n1c2cc3oc4ccccc4c3c(-c3ccccc3)c2c2c(-c3ccccc3)c3c(cc21)oc1ccccc13. The van der Waals surface area contributed by atoms with Crippen LogP contribution in [0.25, 0.3) is 87.9 Å². The number of benzene rings is 7. The summed E-state index contributed by atoms with van der Waals surface area (Å²) in [6.07, 6.45) is 0. The molecule has 7 aromatic carbocycles. The van der Waals surface area contributed by atoms with Gasteiger partial charge in [-0.05, 0) is 35.4 Å². The Kier molecular flexibility index (Phi) is 5.60. The lowest BCUT2D eigenvalue weighted by Crippen LogP contribution is -2.12. The van der Waals surface area contributed by atoms with Gasteiger partial charge in [0, 0.05) is 55.6 Å². The van der Waals surface area contributed by atoms with Crippen LogP contribution in [0.1, 0.15) is 0 Å². The summed E-state index contributed by atoms with van der Waals surface area (Å²) >= 11 is 0. The third kappa shape index (κ3) is 3.69. The van der Waals surface area contributed by atoms with E-state index < -0.39 is 10.0 Å². The van der Waals surface area contributed by atoms with Gasteiger partial charge in [-0.2, -0.15) is 0 Å². The highest BCUT2D eigenvalue weighted by Gasteiger charge is 2.31. The summed E-state index contributed by atoms with van der Waals surface area (Å²) in [7, 11) is -4.11. The molecule has 3 aromatic heterocycles. The van der Waals surface area contributed by atoms with E-state index in [1.54, 1.807) is 24.3 Å². The molecule has 0 amide bonds. The molecule has 0 radical (unpaired) electrons. The topological polar surface area (TPSA) is 65.3 Å². The maximum absolute atomic E-state index is 14.9. The molecule has 0 aliphatic carbocycles. The quantitative estimate of drug-likeness (QED) is 0.192.